The highest BCUT2D eigenvalue weighted by atomic mass is 16.1. The van der Waals surface area contributed by atoms with Crippen LogP contribution in [0.5, 0.6) is 0 Å². The van der Waals surface area contributed by atoms with Crippen LogP contribution in [0.1, 0.15) is 42.9 Å². The second-order valence-corrected chi connectivity index (χ2v) is 6.11. The van der Waals surface area contributed by atoms with Crippen LogP contribution in [0.2, 0.25) is 0 Å². The van der Waals surface area contributed by atoms with Gasteiger partial charge in [-0.2, -0.15) is 0 Å². The second-order valence-electron chi connectivity index (χ2n) is 6.11. The highest BCUT2D eigenvalue weighted by Crippen LogP contribution is 2.47. The van der Waals surface area contributed by atoms with Crippen LogP contribution >= 0.6 is 0 Å². The zero-order valence-corrected chi connectivity index (χ0v) is 12.8. The van der Waals surface area contributed by atoms with Gasteiger partial charge in [-0.25, -0.2) is 0 Å². The van der Waals surface area contributed by atoms with Gasteiger partial charge in [0.05, 0.1) is 0 Å². The van der Waals surface area contributed by atoms with Crippen LogP contribution in [0, 0.1) is 0 Å². The van der Waals surface area contributed by atoms with Crippen LogP contribution < -0.4 is 11.1 Å². The lowest BCUT2D eigenvalue weighted by Crippen LogP contribution is -2.65. The van der Waals surface area contributed by atoms with Crippen LogP contribution in [-0.2, 0) is 4.79 Å². The van der Waals surface area contributed by atoms with Crippen molar-refractivity contribution < 1.29 is 4.79 Å². The number of hydrogen-bond donors (Lipinski definition) is 2. The SMILES string of the molecule is C[C@H](N[C@@]1(C(N)=O)CC[C@H]1c1ccccc1)c1ccccc1. The molecule has 0 bridgehead atoms. The van der Waals surface area contributed by atoms with E-state index in [4.69, 9.17) is 5.73 Å². The molecule has 3 heteroatoms. The maximum Gasteiger partial charge on any atom is 0.238 e. The van der Waals surface area contributed by atoms with Crippen molar-refractivity contribution >= 4 is 5.91 Å². The lowest BCUT2D eigenvalue weighted by atomic mass is 9.62. The number of carbonyl (C=O) groups is 1. The van der Waals surface area contributed by atoms with Crippen molar-refractivity contribution in [1.82, 2.24) is 5.32 Å². The van der Waals surface area contributed by atoms with Gasteiger partial charge in [-0.05, 0) is 30.9 Å². The molecule has 1 saturated carbocycles. The fourth-order valence-electron chi connectivity index (χ4n) is 3.46. The van der Waals surface area contributed by atoms with Gasteiger partial charge in [0.1, 0.15) is 5.54 Å². The number of benzene rings is 2. The van der Waals surface area contributed by atoms with Crippen LogP contribution in [0.3, 0.4) is 0 Å². The van der Waals surface area contributed by atoms with E-state index in [-0.39, 0.29) is 17.9 Å². The number of nitrogens with two attached hydrogens (primary N) is 1. The first-order chi connectivity index (χ1) is 10.6. The summed E-state index contributed by atoms with van der Waals surface area (Å²) in [5.74, 6) is -0.104. The third kappa shape index (κ3) is 2.53. The maximum absolute atomic E-state index is 12.2. The summed E-state index contributed by atoms with van der Waals surface area (Å²) in [6.45, 7) is 2.08. The minimum absolute atomic E-state index is 0.0835. The Kier molecular flexibility index (Phi) is 3.99. The number of carbonyl (C=O) groups excluding carboxylic acids is 1. The summed E-state index contributed by atoms with van der Waals surface area (Å²) in [5, 5.41) is 3.52. The van der Waals surface area contributed by atoms with E-state index in [1.165, 1.54) is 11.1 Å². The van der Waals surface area contributed by atoms with E-state index in [2.05, 4.69) is 36.5 Å². The third-order valence-electron chi connectivity index (χ3n) is 4.84. The molecule has 1 fully saturated rings. The summed E-state index contributed by atoms with van der Waals surface area (Å²) in [7, 11) is 0. The predicted molar refractivity (Wildman–Crippen MR) is 88.3 cm³/mol. The summed E-state index contributed by atoms with van der Waals surface area (Å²) in [6, 6.07) is 20.4. The van der Waals surface area contributed by atoms with E-state index >= 15 is 0 Å². The number of nitrogens with one attached hydrogen (secondary N) is 1. The summed E-state index contributed by atoms with van der Waals surface area (Å²) in [4.78, 5) is 12.2. The molecule has 0 aromatic heterocycles. The predicted octanol–water partition coefficient (Wildman–Crippen LogP) is 3.14. The van der Waals surface area contributed by atoms with Gasteiger partial charge in [-0.15, -0.1) is 0 Å². The molecule has 3 N–H and O–H groups in total. The molecule has 3 rings (SSSR count). The molecule has 22 heavy (non-hydrogen) atoms. The zero-order valence-electron chi connectivity index (χ0n) is 12.8. The van der Waals surface area contributed by atoms with Crippen molar-refractivity contribution in [2.45, 2.75) is 37.3 Å². The molecular formula is C19H22N2O. The molecule has 1 aliphatic carbocycles. The summed E-state index contributed by atoms with van der Waals surface area (Å²) < 4.78 is 0. The van der Waals surface area contributed by atoms with Crippen molar-refractivity contribution in [3.63, 3.8) is 0 Å². The van der Waals surface area contributed by atoms with Crippen LogP contribution in [0.25, 0.3) is 0 Å². The monoisotopic (exact) mass is 294 g/mol. The molecule has 1 amide bonds. The average molecular weight is 294 g/mol. The smallest absolute Gasteiger partial charge is 0.238 e. The van der Waals surface area contributed by atoms with Crippen LogP contribution in [-0.4, -0.2) is 11.4 Å². The van der Waals surface area contributed by atoms with E-state index in [9.17, 15) is 4.79 Å². The van der Waals surface area contributed by atoms with Crippen molar-refractivity contribution in [3.8, 4) is 0 Å². The number of primary amides is 1. The van der Waals surface area contributed by atoms with E-state index < -0.39 is 5.54 Å². The molecule has 2 aromatic rings. The highest BCUT2D eigenvalue weighted by Gasteiger charge is 2.52. The molecule has 3 atom stereocenters. The minimum Gasteiger partial charge on any atom is -0.368 e. The summed E-state index contributed by atoms with van der Waals surface area (Å²) in [5.41, 5.74) is 7.49. The van der Waals surface area contributed by atoms with Gasteiger partial charge in [0.2, 0.25) is 5.91 Å². The largest absolute Gasteiger partial charge is 0.368 e. The van der Waals surface area contributed by atoms with Gasteiger partial charge >= 0.3 is 0 Å². The highest BCUT2D eigenvalue weighted by molar-refractivity contribution is 5.87. The van der Waals surface area contributed by atoms with Gasteiger partial charge in [-0.3, -0.25) is 10.1 Å². The van der Waals surface area contributed by atoms with Gasteiger partial charge < -0.3 is 5.73 Å². The molecule has 0 heterocycles. The van der Waals surface area contributed by atoms with Crippen molar-refractivity contribution in [2.24, 2.45) is 5.73 Å². The quantitative estimate of drug-likeness (QED) is 0.890. The van der Waals surface area contributed by atoms with Crippen LogP contribution in [0.4, 0.5) is 0 Å². The molecule has 2 aromatic carbocycles. The Bertz CT molecular complexity index is 641. The molecule has 0 aliphatic heterocycles. The molecule has 0 unspecified atom stereocenters. The van der Waals surface area contributed by atoms with Crippen molar-refractivity contribution in [2.75, 3.05) is 0 Å². The topological polar surface area (TPSA) is 55.1 Å². The Morgan fingerprint density at radius 2 is 1.73 bits per heavy atom. The fourth-order valence-corrected chi connectivity index (χ4v) is 3.46. The first-order valence-electron chi connectivity index (χ1n) is 7.81. The molecule has 0 saturated heterocycles. The van der Waals surface area contributed by atoms with Gasteiger partial charge in [0, 0.05) is 12.0 Å². The number of rotatable bonds is 5. The van der Waals surface area contributed by atoms with E-state index in [0.717, 1.165) is 12.8 Å². The molecular weight excluding hydrogens is 272 g/mol. The molecule has 3 nitrogen and oxygen atoms in total. The third-order valence-corrected chi connectivity index (χ3v) is 4.84. The molecule has 1 aliphatic rings. The first kappa shape index (κ1) is 14.8. The lowest BCUT2D eigenvalue weighted by Gasteiger charge is -2.49. The van der Waals surface area contributed by atoms with Crippen molar-refractivity contribution in [1.29, 1.82) is 0 Å². The van der Waals surface area contributed by atoms with E-state index in [1.54, 1.807) is 0 Å². The molecule has 0 radical (unpaired) electrons. The van der Waals surface area contributed by atoms with E-state index in [1.807, 2.05) is 36.4 Å². The second kappa shape index (κ2) is 5.93. The Morgan fingerprint density at radius 3 is 2.23 bits per heavy atom. The lowest BCUT2D eigenvalue weighted by molar-refractivity contribution is -0.129. The number of amides is 1. The Labute approximate surface area is 131 Å². The Hall–Kier alpha value is -2.13. The number of hydrogen-bond acceptors (Lipinski definition) is 2. The van der Waals surface area contributed by atoms with Gasteiger partial charge in [0.25, 0.3) is 0 Å². The summed E-state index contributed by atoms with van der Waals surface area (Å²) in [6.07, 6.45) is 1.78. The van der Waals surface area contributed by atoms with E-state index in [0.29, 0.717) is 0 Å². The zero-order chi connectivity index (χ0) is 15.6. The molecule has 114 valence electrons. The Balaban J connectivity index is 1.85. The van der Waals surface area contributed by atoms with Crippen LogP contribution in [0.15, 0.2) is 60.7 Å². The minimum atomic E-state index is -0.642. The standard InChI is InChI=1S/C19H22N2O/c1-14(15-8-4-2-5-9-15)21-19(18(20)22)13-12-17(19)16-10-6-3-7-11-16/h2-11,14,17,21H,12-13H2,1H3,(H2,20,22)/t14-,17-,19-/m0/s1. The first-order valence-corrected chi connectivity index (χ1v) is 7.81. The Morgan fingerprint density at radius 1 is 1.14 bits per heavy atom. The normalized spacial score (nSPS) is 25.2. The maximum atomic E-state index is 12.2. The summed E-state index contributed by atoms with van der Waals surface area (Å²) >= 11 is 0. The fraction of sp³-hybridized carbons (Fsp3) is 0.316. The average Bonchev–Trinajstić information content (AvgIpc) is 2.52. The van der Waals surface area contributed by atoms with Crippen molar-refractivity contribution in [3.05, 3.63) is 71.8 Å². The van der Waals surface area contributed by atoms with Gasteiger partial charge in [-0.1, -0.05) is 60.7 Å². The van der Waals surface area contributed by atoms with Gasteiger partial charge in [0.15, 0.2) is 0 Å². The molecule has 0 spiro atoms.